The summed E-state index contributed by atoms with van der Waals surface area (Å²) in [5.41, 5.74) is 8.34. The van der Waals surface area contributed by atoms with E-state index in [1.165, 1.54) is 28.9 Å². The van der Waals surface area contributed by atoms with Crippen LogP contribution in [0.5, 0.6) is 11.5 Å². The fourth-order valence-electron chi connectivity index (χ4n) is 5.57. The Morgan fingerprint density at radius 1 is 0.886 bits per heavy atom. The van der Waals surface area contributed by atoms with Crippen molar-refractivity contribution in [3.8, 4) is 11.5 Å². The van der Waals surface area contributed by atoms with Gasteiger partial charge in [0.15, 0.2) is 0 Å². The molecule has 1 amide bonds. The third-order valence-electron chi connectivity index (χ3n) is 8.60. The number of ether oxygens (including phenoxy) is 2. The molecular formula is C37H51NO5S. The number of allylic oxidation sites excluding steroid dienone is 6. The molecule has 1 N–H and O–H groups in total. The van der Waals surface area contributed by atoms with E-state index in [0.29, 0.717) is 5.75 Å². The van der Waals surface area contributed by atoms with Crippen molar-refractivity contribution in [2.45, 2.75) is 124 Å². The van der Waals surface area contributed by atoms with Crippen LogP contribution in [0.1, 0.15) is 107 Å². The average molecular weight is 622 g/mol. The molecule has 2 aromatic rings. The molecule has 1 aliphatic rings. The van der Waals surface area contributed by atoms with Gasteiger partial charge in [-0.25, -0.2) is 17.9 Å². The maximum atomic E-state index is 12.7. The van der Waals surface area contributed by atoms with Gasteiger partial charge in [0.25, 0.3) is 10.0 Å². The fraction of sp³-hybridized carbons (Fsp3) is 0.486. The van der Waals surface area contributed by atoms with Crippen molar-refractivity contribution in [1.29, 1.82) is 0 Å². The van der Waals surface area contributed by atoms with Crippen molar-refractivity contribution >= 4 is 16.1 Å². The molecule has 0 saturated heterocycles. The van der Waals surface area contributed by atoms with Crippen molar-refractivity contribution in [2.75, 3.05) is 0 Å². The molecule has 6 nitrogen and oxygen atoms in total. The lowest BCUT2D eigenvalue weighted by atomic mass is 9.85. The molecule has 1 aliphatic heterocycles. The number of hydrogen-bond acceptors (Lipinski definition) is 5. The minimum absolute atomic E-state index is 0.00509. The SMILES string of the molecule is CC(C)=CCC/C(C)=C/CC/C(C)=C/CC[C@]1(C)CCc2c(C)c(OC(=O)NS(=O)(=O)c3ccc(C)cc3)c(C)c(C)c2O1. The van der Waals surface area contributed by atoms with Gasteiger partial charge in [-0.15, -0.1) is 0 Å². The largest absolute Gasteiger partial charge is 0.487 e. The predicted molar refractivity (Wildman–Crippen MR) is 180 cm³/mol. The first-order valence-electron chi connectivity index (χ1n) is 15.7. The quantitative estimate of drug-likeness (QED) is 0.239. The number of carbonyl (C=O) groups is 1. The third-order valence-corrected chi connectivity index (χ3v) is 9.92. The van der Waals surface area contributed by atoms with Gasteiger partial charge in [0, 0.05) is 5.56 Å². The highest BCUT2D eigenvalue weighted by atomic mass is 32.2. The van der Waals surface area contributed by atoms with E-state index in [-0.39, 0.29) is 10.5 Å². The van der Waals surface area contributed by atoms with Gasteiger partial charge < -0.3 is 9.47 Å². The number of rotatable bonds is 12. The summed E-state index contributed by atoms with van der Waals surface area (Å²) in [6, 6.07) is 6.29. The Hall–Kier alpha value is -3.32. The highest BCUT2D eigenvalue weighted by Gasteiger charge is 2.34. The Kier molecular flexibility index (Phi) is 12.1. The van der Waals surface area contributed by atoms with E-state index >= 15 is 0 Å². The van der Waals surface area contributed by atoms with Crippen molar-refractivity contribution < 1.29 is 22.7 Å². The van der Waals surface area contributed by atoms with Crippen LogP contribution in [-0.2, 0) is 16.4 Å². The average Bonchev–Trinajstić information content (AvgIpc) is 2.94. The van der Waals surface area contributed by atoms with Crippen molar-refractivity contribution in [1.82, 2.24) is 4.72 Å². The third kappa shape index (κ3) is 9.59. The first-order chi connectivity index (χ1) is 20.6. The molecule has 0 fully saturated rings. The van der Waals surface area contributed by atoms with E-state index < -0.39 is 16.1 Å². The molecule has 1 atom stereocenters. The minimum atomic E-state index is -4.05. The van der Waals surface area contributed by atoms with Gasteiger partial charge in [0.1, 0.15) is 17.1 Å². The molecule has 3 rings (SSSR count). The summed E-state index contributed by atoms with van der Waals surface area (Å²) in [5.74, 6) is 1.23. The summed E-state index contributed by atoms with van der Waals surface area (Å²) >= 11 is 0. The van der Waals surface area contributed by atoms with Crippen LogP contribution in [0.25, 0.3) is 0 Å². The highest BCUT2D eigenvalue weighted by Crippen LogP contribution is 2.45. The van der Waals surface area contributed by atoms with E-state index in [1.54, 1.807) is 12.1 Å². The smallest absolute Gasteiger partial charge is 0.426 e. The zero-order valence-corrected chi connectivity index (χ0v) is 29.0. The van der Waals surface area contributed by atoms with Gasteiger partial charge in [-0.05, 0) is 143 Å². The summed E-state index contributed by atoms with van der Waals surface area (Å²) in [6.45, 7) is 18.5. The van der Waals surface area contributed by atoms with Gasteiger partial charge in [-0.1, -0.05) is 52.6 Å². The van der Waals surface area contributed by atoms with Crippen LogP contribution in [0.15, 0.2) is 64.1 Å². The molecule has 0 radical (unpaired) electrons. The lowest BCUT2D eigenvalue weighted by Crippen LogP contribution is -2.37. The summed E-state index contributed by atoms with van der Waals surface area (Å²) in [6.07, 6.45) is 13.9. The number of aryl methyl sites for hydroxylation is 1. The standard InChI is InChI=1S/C37H51NO5S/c1-25(2)13-10-14-26(3)15-11-16-27(4)17-12-23-37(9)24-22-33-31(8)34(29(6)30(7)35(33)43-37)42-36(39)38-44(40,41)32-20-18-28(5)19-21-32/h13,15,17-21H,10-12,14,16,22-24H2,1-9H3,(H,38,39)/b26-15+,27-17+/t37-/m1/s1. The normalized spacial score (nSPS) is 17.0. The number of hydrogen-bond donors (Lipinski definition) is 1. The van der Waals surface area contributed by atoms with Crippen LogP contribution >= 0.6 is 0 Å². The second-order valence-corrected chi connectivity index (χ2v) is 14.6. The highest BCUT2D eigenvalue weighted by molar-refractivity contribution is 7.90. The second-order valence-electron chi connectivity index (χ2n) is 12.9. The maximum absolute atomic E-state index is 12.7. The van der Waals surface area contributed by atoms with E-state index in [9.17, 15) is 13.2 Å². The monoisotopic (exact) mass is 621 g/mol. The molecule has 0 unspecified atom stereocenters. The number of nitrogens with one attached hydrogen (secondary N) is 1. The Morgan fingerprint density at radius 2 is 1.48 bits per heavy atom. The molecule has 0 aliphatic carbocycles. The lowest BCUT2D eigenvalue weighted by Gasteiger charge is -2.38. The molecule has 240 valence electrons. The number of carbonyl (C=O) groups excluding carboxylic acids is 1. The van der Waals surface area contributed by atoms with Crippen LogP contribution in [0.3, 0.4) is 0 Å². The zero-order chi connectivity index (χ0) is 32.7. The summed E-state index contributed by atoms with van der Waals surface area (Å²) in [5, 5.41) is 0. The molecule has 0 spiro atoms. The number of amides is 1. The lowest BCUT2D eigenvalue weighted by molar-refractivity contribution is 0.0558. The van der Waals surface area contributed by atoms with E-state index in [2.05, 4.69) is 52.8 Å². The van der Waals surface area contributed by atoms with Crippen LogP contribution in [0.2, 0.25) is 0 Å². The molecular weight excluding hydrogens is 570 g/mol. The van der Waals surface area contributed by atoms with Gasteiger partial charge in [-0.3, -0.25) is 0 Å². The van der Waals surface area contributed by atoms with E-state index in [0.717, 1.165) is 84.9 Å². The summed E-state index contributed by atoms with van der Waals surface area (Å²) < 4.78 is 39.7. The van der Waals surface area contributed by atoms with Gasteiger partial charge in [-0.2, -0.15) is 0 Å². The second kappa shape index (κ2) is 15.1. The summed E-state index contributed by atoms with van der Waals surface area (Å²) in [7, 11) is -4.05. The molecule has 44 heavy (non-hydrogen) atoms. The molecule has 0 saturated carbocycles. The Bertz CT molecular complexity index is 1540. The van der Waals surface area contributed by atoms with Crippen molar-refractivity contribution in [3.05, 3.63) is 87.0 Å². The molecule has 2 aromatic carbocycles. The van der Waals surface area contributed by atoms with E-state index in [1.807, 2.05) is 32.4 Å². The van der Waals surface area contributed by atoms with Crippen molar-refractivity contribution in [3.63, 3.8) is 0 Å². The topological polar surface area (TPSA) is 81.7 Å². The number of benzene rings is 2. The van der Waals surface area contributed by atoms with Crippen LogP contribution in [0, 0.1) is 27.7 Å². The molecule has 7 heteroatoms. The number of sulfonamides is 1. The van der Waals surface area contributed by atoms with Crippen LogP contribution in [0.4, 0.5) is 4.79 Å². The minimum Gasteiger partial charge on any atom is -0.487 e. The van der Waals surface area contributed by atoms with Gasteiger partial charge >= 0.3 is 6.09 Å². The summed E-state index contributed by atoms with van der Waals surface area (Å²) in [4.78, 5) is 12.7. The maximum Gasteiger partial charge on any atom is 0.426 e. The first-order valence-corrected chi connectivity index (χ1v) is 17.2. The predicted octanol–water partition coefficient (Wildman–Crippen LogP) is 9.68. The Labute approximate surface area is 265 Å². The molecule has 0 bridgehead atoms. The Morgan fingerprint density at radius 3 is 2.09 bits per heavy atom. The zero-order valence-electron chi connectivity index (χ0n) is 28.1. The Balaban J connectivity index is 1.62. The van der Waals surface area contributed by atoms with Crippen LogP contribution < -0.4 is 14.2 Å². The van der Waals surface area contributed by atoms with Gasteiger partial charge in [0.2, 0.25) is 0 Å². The fourth-order valence-corrected chi connectivity index (χ4v) is 6.45. The first kappa shape index (κ1) is 35.2. The molecule has 0 aromatic heterocycles. The number of fused-ring (bicyclic) bond motifs is 1. The van der Waals surface area contributed by atoms with Crippen molar-refractivity contribution in [2.24, 2.45) is 0 Å². The van der Waals surface area contributed by atoms with E-state index in [4.69, 9.17) is 9.47 Å². The van der Waals surface area contributed by atoms with Crippen LogP contribution in [-0.4, -0.2) is 20.1 Å². The molecule has 1 heterocycles. The van der Waals surface area contributed by atoms with Gasteiger partial charge in [0.05, 0.1) is 4.90 Å².